The molecule has 4 fully saturated rings. The van der Waals surface area contributed by atoms with Crippen molar-refractivity contribution in [3.63, 3.8) is 0 Å². The van der Waals surface area contributed by atoms with Crippen molar-refractivity contribution < 1.29 is 14.0 Å². The molecule has 6 rings (SSSR count). The molecule has 2 aromatic heterocycles. The van der Waals surface area contributed by atoms with E-state index in [0.29, 0.717) is 38.0 Å². The van der Waals surface area contributed by atoms with Gasteiger partial charge in [0.15, 0.2) is 0 Å². The molecule has 134 valence electrons. The zero-order valence-corrected chi connectivity index (χ0v) is 14.0. The molecule has 9 heteroatoms. The quantitative estimate of drug-likeness (QED) is 0.744. The molecule has 2 bridgehead atoms. The van der Waals surface area contributed by atoms with E-state index < -0.39 is 23.0 Å². The van der Waals surface area contributed by atoms with Gasteiger partial charge < -0.3 is 9.80 Å². The summed E-state index contributed by atoms with van der Waals surface area (Å²) in [6, 6.07) is 3.64. The van der Waals surface area contributed by atoms with Crippen LogP contribution < -0.4 is 0 Å². The van der Waals surface area contributed by atoms with E-state index in [9.17, 15) is 14.0 Å². The molecule has 3 saturated carbocycles. The topological polar surface area (TPSA) is 84.2 Å². The van der Waals surface area contributed by atoms with Crippen LogP contribution >= 0.6 is 0 Å². The van der Waals surface area contributed by atoms with E-state index >= 15 is 0 Å². The lowest BCUT2D eigenvalue weighted by molar-refractivity contribution is -0.230. The van der Waals surface area contributed by atoms with Crippen LogP contribution in [0.1, 0.15) is 25.0 Å². The van der Waals surface area contributed by atoms with E-state index in [1.807, 2.05) is 6.07 Å². The molecule has 0 unspecified atom stereocenters. The predicted octanol–water partition coefficient (Wildman–Crippen LogP) is 0.478. The van der Waals surface area contributed by atoms with Crippen LogP contribution in [0.15, 0.2) is 30.7 Å². The molecule has 3 heterocycles. The summed E-state index contributed by atoms with van der Waals surface area (Å²) in [6.07, 6.45) is 6.08. The summed E-state index contributed by atoms with van der Waals surface area (Å²) in [7, 11) is 0. The average molecular weight is 356 g/mol. The standard InChI is InChI=1S/C17H17FN6O2/c18-16-9-17(10-16,11-16)23-6-5-22(14(25)15(23)26)8-12-1-2-13(7-19-12)24-4-3-20-21-24/h1-4,7H,5-6,8-11H2. The Morgan fingerprint density at radius 1 is 1.12 bits per heavy atom. The average Bonchev–Trinajstić information content (AvgIpc) is 3.11. The van der Waals surface area contributed by atoms with Gasteiger partial charge >= 0.3 is 11.8 Å². The Bertz CT molecular complexity index is 861. The molecule has 4 aliphatic rings. The second-order valence-electron chi connectivity index (χ2n) is 7.44. The fraction of sp³-hybridized carbons (Fsp3) is 0.471. The normalized spacial score (nSPS) is 30.2. The van der Waals surface area contributed by atoms with Crippen LogP contribution in [0.2, 0.25) is 0 Å². The van der Waals surface area contributed by atoms with Gasteiger partial charge in [0.05, 0.1) is 42.1 Å². The number of hydrogen-bond donors (Lipinski definition) is 0. The third-order valence-electron chi connectivity index (χ3n) is 5.67. The third-order valence-corrected chi connectivity index (χ3v) is 5.67. The number of rotatable bonds is 4. The van der Waals surface area contributed by atoms with E-state index in [4.69, 9.17) is 0 Å². The Kier molecular flexibility index (Phi) is 3.02. The number of nitrogens with zero attached hydrogens (tertiary/aromatic N) is 6. The fourth-order valence-electron chi connectivity index (χ4n) is 4.37. The van der Waals surface area contributed by atoms with Gasteiger partial charge in [-0.2, -0.15) is 0 Å². The lowest BCUT2D eigenvalue weighted by Crippen LogP contribution is -2.79. The van der Waals surface area contributed by atoms with Crippen LogP contribution in [-0.2, 0) is 16.1 Å². The maximum atomic E-state index is 13.7. The van der Waals surface area contributed by atoms with E-state index in [2.05, 4.69) is 15.3 Å². The number of halogens is 1. The summed E-state index contributed by atoms with van der Waals surface area (Å²) < 4.78 is 15.3. The summed E-state index contributed by atoms with van der Waals surface area (Å²) in [4.78, 5) is 32.4. The molecule has 1 saturated heterocycles. The lowest BCUT2D eigenvalue weighted by atomic mass is 9.46. The number of carbonyl (C=O) groups excluding carboxylic acids is 2. The van der Waals surface area contributed by atoms with E-state index in [-0.39, 0.29) is 6.54 Å². The first-order valence-electron chi connectivity index (χ1n) is 8.60. The molecular weight excluding hydrogens is 339 g/mol. The highest BCUT2D eigenvalue weighted by Crippen LogP contribution is 2.66. The van der Waals surface area contributed by atoms with Gasteiger partial charge in [-0.1, -0.05) is 5.21 Å². The van der Waals surface area contributed by atoms with Gasteiger partial charge in [0.1, 0.15) is 5.67 Å². The number of hydrogen-bond acceptors (Lipinski definition) is 5. The molecule has 3 aliphatic carbocycles. The smallest absolute Gasteiger partial charge is 0.312 e. The van der Waals surface area contributed by atoms with Gasteiger partial charge in [-0.3, -0.25) is 14.6 Å². The second kappa shape index (κ2) is 5.09. The maximum Gasteiger partial charge on any atom is 0.312 e. The van der Waals surface area contributed by atoms with Crippen molar-refractivity contribution >= 4 is 11.8 Å². The van der Waals surface area contributed by atoms with Crippen LogP contribution in [0.5, 0.6) is 0 Å². The first-order valence-corrected chi connectivity index (χ1v) is 8.60. The summed E-state index contributed by atoms with van der Waals surface area (Å²) in [6.45, 7) is 1.17. The Balaban J connectivity index is 1.26. The minimum absolute atomic E-state index is 0.274. The van der Waals surface area contributed by atoms with Crippen LogP contribution in [0, 0.1) is 0 Å². The van der Waals surface area contributed by atoms with Crippen LogP contribution in [-0.4, -0.2) is 65.9 Å². The zero-order valence-electron chi connectivity index (χ0n) is 14.0. The molecule has 2 amide bonds. The Morgan fingerprint density at radius 3 is 2.54 bits per heavy atom. The zero-order chi connectivity index (χ0) is 17.9. The summed E-state index contributed by atoms with van der Waals surface area (Å²) in [5, 5.41) is 7.64. The van der Waals surface area contributed by atoms with Crippen molar-refractivity contribution in [1.29, 1.82) is 0 Å². The Hall–Kier alpha value is -2.84. The van der Waals surface area contributed by atoms with Crippen molar-refractivity contribution in [2.45, 2.75) is 37.0 Å². The molecule has 8 nitrogen and oxygen atoms in total. The van der Waals surface area contributed by atoms with Gasteiger partial charge in [0, 0.05) is 32.4 Å². The first-order chi connectivity index (χ1) is 12.5. The van der Waals surface area contributed by atoms with Crippen molar-refractivity contribution in [1.82, 2.24) is 29.8 Å². The van der Waals surface area contributed by atoms with Gasteiger partial charge in [0.25, 0.3) is 0 Å². The summed E-state index contributed by atoms with van der Waals surface area (Å²) in [5.41, 5.74) is -0.0273. The van der Waals surface area contributed by atoms with E-state index in [1.165, 1.54) is 4.90 Å². The highest BCUT2D eigenvalue weighted by molar-refractivity contribution is 6.35. The van der Waals surface area contributed by atoms with E-state index in [1.54, 1.807) is 34.2 Å². The first kappa shape index (κ1) is 15.4. The molecule has 26 heavy (non-hydrogen) atoms. The van der Waals surface area contributed by atoms with Crippen molar-refractivity contribution in [2.24, 2.45) is 0 Å². The van der Waals surface area contributed by atoms with Crippen LogP contribution in [0.25, 0.3) is 5.69 Å². The molecule has 0 spiro atoms. The maximum absolute atomic E-state index is 13.7. The van der Waals surface area contributed by atoms with Gasteiger partial charge in [-0.15, -0.1) is 5.10 Å². The molecule has 0 N–H and O–H groups in total. The SMILES string of the molecule is O=C1C(=O)N(C23CC(F)(C2)C3)CCN1Cc1ccc(-n2ccnn2)cn1. The highest BCUT2D eigenvalue weighted by Gasteiger charge is 2.73. The lowest BCUT2D eigenvalue weighted by Gasteiger charge is -2.69. The van der Waals surface area contributed by atoms with Gasteiger partial charge in [-0.05, 0) is 12.1 Å². The predicted molar refractivity (Wildman–Crippen MR) is 86.7 cm³/mol. The largest absolute Gasteiger partial charge is 0.327 e. The number of carbonyl (C=O) groups is 2. The minimum Gasteiger partial charge on any atom is -0.327 e. The summed E-state index contributed by atoms with van der Waals surface area (Å²) >= 11 is 0. The molecule has 0 radical (unpaired) electrons. The third kappa shape index (κ3) is 2.16. The highest BCUT2D eigenvalue weighted by atomic mass is 19.1. The van der Waals surface area contributed by atoms with Crippen molar-refractivity contribution in [3.8, 4) is 5.69 Å². The number of alkyl halides is 1. The second-order valence-corrected chi connectivity index (χ2v) is 7.44. The van der Waals surface area contributed by atoms with E-state index in [0.717, 1.165) is 5.69 Å². The van der Waals surface area contributed by atoms with Crippen LogP contribution in [0.4, 0.5) is 4.39 Å². The number of amides is 2. The molecule has 0 atom stereocenters. The number of aromatic nitrogens is 4. The number of piperazine rings is 1. The molecule has 1 aliphatic heterocycles. The molecule has 2 aromatic rings. The van der Waals surface area contributed by atoms with Crippen molar-refractivity contribution in [3.05, 3.63) is 36.4 Å². The Morgan fingerprint density at radius 2 is 1.92 bits per heavy atom. The van der Waals surface area contributed by atoms with Crippen molar-refractivity contribution in [2.75, 3.05) is 13.1 Å². The minimum atomic E-state index is -1.09. The van der Waals surface area contributed by atoms with Gasteiger partial charge in [-0.25, -0.2) is 9.07 Å². The molecule has 0 aromatic carbocycles. The number of pyridine rings is 1. The monoisotopic (exact) mass is 356 g/mol. The van der Waals surface area contributed by atoms with Crippen LogP contribution in [0.3, 0.4) is 0 Å². The summed E-state index contributed by atoms with van der Waals surface area (Å²) in [5.74, 6) is -1.05. The fourth-order valence-corrected chi connectivity index (χ4v) is 4.37. The van der Waals surface area contributed by atoms with Gasteiger partial charge in [0.2, 0.25) is 0 Å². The molecular formula is C17H17FN6O2. The Labute approximate surface area is 148 Å².